The maximum atomic E-state index is 13.7. The molecule has 2 aliphatic heterocycles. The van der Waals surface area contributed by atoms with E-state index in [1.165, 1.54) is 0 Å². The Balaban J connectivity index is 1.57. The Bertz CT molecular complexity index is 1050. The first-order valence-electron chi connectivity index (χ1n) is 13.1. The molecule has 0 saturated carbocycles. The lowest BCUT2D eigenvalue weighted by atomic mass is 10.0. The molecule has 0 aromatic heterocycles. The highest BCUT2D eigenvalue weighted by Crippen LogP contribution is 2.33. The molecule has 0 N–H and O–H groups in total. The van der Waals surface area contributed by atoms with Crippen molar-refractivity contribution in [2.75, 3.05) is 33.5 Å². The Morgan fingerprint density at radius 2 is 1.69 bits per heavy atom. The van der Waals surface area contributed by atoms with Crippen molar-refractivity contribution in [2.45, 2.75) is 58.4 Å². The molecule has 0 bridgehead atoms. The fraction of sp³-hybridized carbons (Fsp3) is 0.517. The number of hydrogen-bond donors (Lipinski definition) is 0. The number of amides is 2. The van der Waals surface area contributed by atoms with Gasteiger partial charge in [-0.3, -0.25) is 9.59 Å². The topological polar surface area (TPSA) is 68.3 Å². The summed E-state index contributed by atoms with van der Waals surface area (Å²) in [5.74, 6) is 2.42. The second-order valence-corrected chi connectivity index (χ2v) is 10.2. The molecule has 194 valence electrons. The van der Waals surface area contributed by atoms with Gasteiger partial charge in [-0.1, -0.05) is 44.9 Å². The molecule has 2 aromatic rings. The summed E-state index contributed by atoms with van der Waals surface area (Å²) in [7, 11) is 1.85. The van der Waals surface area contributed by atoms with Crippen molar-refractivity contribution in [3.05, 3.63) is 53.6 Å². The molecule has 4 rings (SSSR count). The second-order valence-electron chi connectivity index (χ2n) is 10.2. The van der Waals surface area contributed by atoms with Crippen molar-refractivity contribution in [1.29, 1.82) is 0 Å². The monoisotopic (exact) mass is 494 g/mol. The van der Waals surface area contributed by atoms with Gasteiger partial charge in [-0.05, 0) is 55.0 Å². The standard InChI is InChI=1S/C29H38N2O5/c1-21(2)16-23-19-34-25-11-7-6-10-24(25)29(33)30(3)14-8-4-5-9-15-31(23)28(32)18-22-12-13-26-27(17-22)36-20-35-26/h6-7,10-13,17,21,23H,4-5,8-9,14-16,18-20H2,1-3H3/t23-/m0/s1. The van der Waals surface area contributed by atoms with Gasteiger partial charge in [-0.15, -0.1) is 0 Å². The average Bonchev–Trinajstić information content (AvgIpc) is 3.33. The molecule has 0 spiro atoms. The van der Waals surface area contributed by atoms with Gasteiger partial charge in [0.25, 0.3) is 5.91 Å². The predicted octanol–water partition coefficient (Wildman–Crippen LogP) is 4.93. The SMILES string of the molecule is CC(C)C[C@H]1COc2ccccc2C(=O)N(C)CCCCCCN1C(=O)Cc1ccc2c(c1)OCO2. The van der Waals surface area contributed by atoms with Crippen molar-refractivity contribution in [1.82, 2.24) is 9.80 Å². The van der Waals surface area contributed by atoms with E-state index >= 15 is 0 Å². The number of benzene rings is 2. The molecule has 0 radical (unpaired) electrons. The summed E-state index contributed by atoms with van der Waals surface area (Å²) in [6.45, 7) is 6.29. The third-order valence-corrected chi connectivity index (χ3v) is 6.83. The summed E-state index contributed by atoms with van der Waals surface area (Å²) in [5, 5.41) is 0. The second kappa shape index (κ2) is 12.2. The van der Waals surface area contributed by atoms with E-state index in [1.54, 1.807) is 4.90 Å². The number of fused-ring (bicyclic) bond motifs is 2. The summed E-state index contributed by atoms with van der Waals surface area (Å²) < 4.78 is 17.2. The average molecular weight is 495 g/mol. The quantitative estimate of drug-likeness (QED) is 0.603. The van der Waals surface area contributed by atoms with Gasteiger partial charge in [0.2, 0.25) is 12.7 Å². The van der Waals surface area contributed by atoms with Crippen molar-refractivity contribution in [3.63, 3.8) is 0 Å². The fourth-order valence-corrected chi connectivity index (χ4v) is 4.91. The van der Waals surface area contributed by atoms with E-state index in [0.717, 1.165) is 43.4 Å². The van der Waals surface area contributed by atoms with Crippen LogP contribution in [0, 0.1) is 5.92 Å². The van der Waals surface area contributed by atoms with E-state index < -0.39 is 0 Å². The largest absolute Gasteiger partial charge is 0.491 e. The van der Waals surface area contributed by atoms with E-state index in [1.807, 2.05) is 54.4 Å². The van der Waals surface area contributed by atoms with Crippen LogP contribution in [0.5, 0.6) is 17.2 Å². The van der Waals surface area contributed by atoms with Gasteiger partial charge in [-0.2, -0.15) is 0 Å². The third-order valence-electron chi connectivity index (χ3n) is 6.83. The van der Waals surface area contributed by atoms with Crippen LogP contribution in [0.4, 0.5) is 0 Å². The van der Waals surface area contributed by atoms with Gasteiger partial charge in [0.05, 0.1) is 18.0 Å². The first-order valence-corrected chi connectivity index (χ1v) is 13.1. The van der Waals surface area contributed by atoms with Crippen molar-refractivity contribution in [3.8, 4) is 17.2 Å². The fourth-order valence-electron chi connectivity index (χ4n) is 4.91. The van der Waals surface area contributed by atoms with Gasteiger partial charge in [0.15, 0.2) is 11.5 Å². The Hall–Kier alpha value is -3.22. The Morgan fingerprint density at radius 3 is 2.50 bits per heavy atom. The van der Waals surface area contributed by atoms with E-state index in [4.69, 9.17) is 14.2 Å². The lowest BCUT2D eigenvalue weighted by Crippen LogP contribution is -2.46. The lowest BCUT2D eigenvalue weighted by Gasteiger charge is -2.34. The highest BCUT2D eigenvalue weighted by atomic mass is 16.7. The maximum absolute atomic E-state index is 13.7. The van der Waals surface area contributed by atoms with Crippen LogP contribution in [0.15, 0.2) is 42.5 Å². The van der Waals surface area contributed by atoms with Crippen molar-refractivity contribution >= 4 is 11.8 Å². The van der Waals surface area contributed by atoms with Crippen LogP contribution in [0.2, 0.25) is 0 Å². The minimum Gasteiger partial charge on any atom is -0.491 e. The molecule has 7 heteroatoms. The summed E-state index contributed by atoms with van der Waals surface area (Å²) in [5.41, 5.74) is 1.48. The van der Waals surface area contributed by atoms with Crippen LogP contribution in [0.1, 0.15) is 61.9 Å². The first kappa shape index (κ1) is 25.9. The van der Waals surface area contributed by atoms with Gasteiger partial charge in [-0.25, -0.2) is 0 Å². The lowest BCUT2D eigenvalue weighted by molar-refractivity contribution is -0.134. The van der Waals surface area contributed by atoms with Crippen LogP contribution in [-0.2, 0) is 11.2 Å². The molecule has 36 heavy (non-hydrogen) atoms. The van der Waals surface area contributed by atoms with E-state index in [0.29, 0.717) is 49.1 Å². The number of carbonyl (C=O) groups is 2. The molecule has 0 aliphatic carbocycles. The normalized spacial score (nSPS) is 19.0. The summed E-state index contributed by atoms with van der Waals surface area (Å²) in [4.78, 5) is 30.5. The maximum Gasteiger partial charge on any atom is 0.257 e. The van der Waals surface area contributed by atoms with E-state index in [2.05, 4.69) is 13.8 Å². The number of carbonyl (C=O) groups excluding carboxylic acids is 2. The molecule has 0 saturated heterocycles. The molecule has 2 aromatic carbocycles. The molecule has 0 fully saturated rings. The minimum absolute atomic E-state index is 0.0289. The smallest absolute Gasteiger partial charge is 0.257 e. The van der Waals surface area contributed by atoms with Crippen LogP contribution in [-0.4, -0.2) is 61.2 Å². The highest BCUT2D eigenvalue weighted by molar-refractivity contribution is 5.96. The number of ether oxygens (including phenoxy) is 3. The van der Waals surface area contributed by atoms with Crippen molar-refractivity contribution in [2.24, 2.45) is 5.92 Å². The Labute approximate surface area is 214 Å². The van der Waals surface area contributed by atoms with E-state index in [-0.39, 0.29) is 24.6 Å². The van der Waals surface area contributed by atoms with Gasteiger partial charge in [0.1, 0.15) is 12.4 Å². The third kappa shape index (κ3) is 6.50. The molecule has 2 heterocycles. The van der Waals surface area contributed by atoms with Crippen LogP contribution in [0.25, 0.3) is 0 Å². The first-order chi connectivity index (χ1) is 17.4. The minimum atomic E-state index is -0.0876. The van der Waals surface area contributed by atoms with Crippen molar-refractivity contribution < 1.29 is 23.8 Å². The van der Waals surface area contributed by atoms with E-state index in [9.17, 15) is 9.59 Å². The molecular formula is C29H38N2O5. The number of para-hydroxylation sites is 1. The Morgan fingerprint density at radius 1 is 0.944 bits per heavy atom. The number of hydrogen-bond acceptors (Lipinski definition) is 5. The van der Waals surface area contributed by atoms with Gasteiger partial charge in [0, 0.05) is 20.1 Å². The zero-order chi connectivity index (χ0) is 25.5. The van der Waals surface area contributed by atoms with Gasteiger partial charge < -0.3 is 24.0 Å². The molecule has 1 atom stereocenters. The zero-order valence-electron chi connectivity index (χ0n) is 21.7. The van der Waals surface area contributed by atoms with Gasteiger partial charge >= 0.3 is 0 Å². The van der Waals surface area contributed by atoms with Crippen LogP contribution < -0.4 is 14.2 Å². The summed E-state index contributed by atoms with van der Waals surface area (Å²) >= 11 is 0. The summed E-state index contributed by atoms with van der Waals surface area (Å²) in [6, 6.07) is 13.0. The molecular weight excluding hydrogens is 456 g/mol. The highest BCUT2D eigenvalue weighted by Gasteiger charge is 2.27. The number of rotatable bonds is 4. The predicted molar refractivity (Wildman–Crippen MR) is 139 cm³/mol. The molecule has 7 nitrogen and oxygen atoms in total. The number of nitrogens with zero attached hydrogens (tertiary/aromatic N) is 2. The van der Waals surface area contributed by atoms with Crippen LogP contribution in [0.3, 0.4) is 0 Å². The molecule has 2 aliphatic rings. The zero-order valence-corrected chi connectivity index (χ0v) is 21.7. The molecule has 0 unspecified atom stereocenters. The molecule has 2 amide bonds. The van der Waals surface area contributed by atoms with Crippen LogP contribution >= 0.6 is 0 Å². The summed E-state index contributed by atoms with van der Waals surface area (Å²) in [6.07, 6.45) is 5.02. The Kier molecular flexibility index (Phi) is 8.73.